The number of para-hydroxylation sites is 3. The van der Waals surface area contributed by atoms with Crippen LogP contribution in [0.2, 0.25) is 0 Å². The number of aromatic nitrogens is 7. The maximum atomic E-state index is 12.8. The number of pyridine rings is 1. The average molecular weight is 1500 g/mol. The number of nitrogens with zero attached hydrogens (tertiary/aromatic N) is 12. The smallest absolute Gasteiger partial charge is 0.254 e. The first-order valence-electron chi connectivity index (χ1n) is 37.2. The van der Waals surface area contributed by atoms with Gasteiger partial charge in [-0.3, -0.25) is 33.7 Å². The highest BCUT2D eigenvalue weighted by Crippen LogP contribution is 2.58. The number of nitrogen functional groups attached to an aromatic ring is 3. The number of carbonyl (C=O) groups excluding carboxylic acids is 6. The molecule has 28 nitrogen and oxygen atoms in total. The zero-order valence-electron chi connectivity index (χ0n) is 62.2. The van der Waals surface area contributed by atoms with Gasteiger partial charge in [-0.05, 0) is 162 Å². The van der Waals surface area contributed by atoms with Crippen LogP contribution in [0.5, 0.6) is 34.6 Å². The number of nitrogens with two attached hydrogens (primary N) is 6. The summed E-state index contributed by atoms with van der Waals surface area (Å²) >= 11 is 0. The number of carbonyl (C=O) groups is 6. The first-order chi connectivity index (χ1) is 53.5. The highest BCUT2D eigenvalue weighted by atomic mass is 16.5. The Morgan fingerprint density at radius 1 is 0.477 bits per heavy atom. The number of likely N-dealkylation sites (tertiary alicyclic amines) is 3. The lowest BCUT2D eigenvalue weighted by atomic mass is 9.60. The Labute approximate surface area is 642 Å². The Bertz CT molecular complexity index is 4940. The summed E-state index contributed by atoms with van der Waals surface area (Å²) in [7, 11) is 3.93. The number of rotatable bonds is 22. The molecule has 9 aromatic rings. The normalized spacial score (nSPS) is 18.0. The molecule has 6 amide bonds. The molecular formula is C83H92N18O10. The molecule has 7 fully saturated rings. The number of likely N-dealkylation sites (N-methyl/N-ethyl adjacent to an activating group) is 1. The molecule has 8 heterocycles. The van der Waals surface area contributed by atoms with Gasteiger partial charge in [-0.2, -0.15) is 15.3 Å². The van der Waals surface area contributed by atoms with Gasteiger partial charge in [0, 0.05) is 117 Å². The van der Waals surface area contributed by atoms with E-state index in [2.05, 4.69) is 21.6 Å². The van der Waals surface area contributed by atoms with Crippen LogP contribution in [0.15, 0.2) is 195 Å². The van der Waals surface area contributed by atoms with E-state index in [1.54, 1.807) is 49.4 Å². The molecule has 12 N–H and O–H groups in total. The minimum atomic E-state index is -0.640. The molecule has 111 heavy (non-hydrogen) atoms. The van der Waals surface area contributed by atoms with Crippen LogP contribution in [-0.4, -0.2) is 187 Å². The second-order valence-electron chi connectivity index (χ2n) is 30.2. The lowest BCUT2D eigenvalue weighted by Crippen LogP contribution is -2.63. The predicted octanol–water partition coefficient (Wildman–Crippen LogP) is 9.54. The molecule has 4 saturated heterocycles. The fraction of sp³-hybridized carbons (Fsp3) is 0.325. The second-order valence-corrected chi connectivity index (χ2v) is 30.2. The quantitative estimate of drug-likeness (QED) is 0.0344. The van der Waals surface area contributed by atoms with E-state index in [4.69, 9.17) is 63.5 Å². The van der Waals surface area contributed by atoms with Crippen molar-refractivity contribution in [1.82, 2.24) is 58.8 Å². The van der Waals surface area contributed by atoms with Gasteiger partial charge in [0.1, 0.15) is 80.0 Å². The Balaban J connectivity index is 0.000000139. The van der Waals surface area contributed by atoms with E-state index in [9.17, 15) is 28.8 Å². The van der Waals surface area contributed by atoms with Gasteiger partial charge in [0.05, 0.1) is 31.3 Å². The molecule has 16 rings (SSSR count). The zero-order chi connectivity index (χ0) is 77.7. The van der Waals surface area contributed by atoms with Crippen LogP contribution < -0.4 is 48.6 Å². The highest BCUT2D eigenvalue weighted by Gasteiger charge is 2.56. The molecule has 28 heteroatoms. The van der Waals surface area contributed by atoms with Gasteiger partial charge < -0.3 is 72.9 Å². The molecule has 4 aromatic heterocycles. The maximum absolute atomic E-state index is 12.8. The van der Waals surface area contributed by atoms with Crippen molar-refractivity contribution in [3.05, 3.63) is 212 Å². The van der Waals surface area contributed by atoms with Crippen LogP contribution in [0, 0.1) is 16.2 Å². The van der Waals surface area contributed by atoms with E-state index in [1.165, 1.54) is 6.08 Å². The third kappa shape index (κ3) is 16.5. The summed E-state index contributed by atoms with van der Waals surface area (Å²) in [4.78, 5) is 88.1. The number of ether oxygens (including phenoxy) is 4. The Hall–Kier alpha value is -12.4. The van der Waals surface area contributed by atoms with Crippen molar-refractivity contribution >= 4 is 52.9 Å². The summed E-state index contributed by atoms with van der Waals surface area (Å²) in [6.45, 7) is 12.7. The molecule has 4 aliphatic heterocycles. The van der Waals surface area contributed by atoms with E-state index >= 15 is 0 Å². The largest absolute Gasteiger partial charge is 0.457 e. The minimum absolute atomic E-state index is 0.0477. The summed E-state index contributed by atoms with van der Waals surface area (Å²) < 4.78 is 28.0. The van der Waals surface area contributed by atoms with Crippen LogP contribution in [0.3, 0.4) is 0 Å². The molecule has 0 atom stereocenters. The van der Waals surface area contributed by atoms with E-state index < -0.39 is 17.7 Å². The SMILES string of the molecule is C=CC(=O)N1CC2(CC(n3nc(-c4ccc(Oc5ccccc5)nc4)c(C(N)=O)c3N)C2)C1.CN(C)C/C=C/C(=O)N1CC2(CC(n3nc(-c4ccc(Oc5ccccc5)cc4)c(C(N)=O)c3N)C2)C1.NC(=O)c1c(-c2ccc(Oc3ccccc3)cc2)nn(C2CC3(CCN(C(=O)/C=C/CN4CCOCC4)C3)C2)c1N. The first-order valence-corrected chi connectivity index (χ1v) is 37.2. The number of hydrogen-bond acceptors (Lipinski definition) is 19. The van der Waals surface area contributed by atoms with Crippen molar-refractivity contribution in [3.63, 3.8) is 0 Å². The van der Waals surface area contributed by atoms with Gasteiger partial charge in [0.25, 0.3) is 17.7 Å². The molecule has 3 saturated carbocycles. The monoisotopic (exact) mass is 1500 g/mol. The lowest BCUT2D eigenvalue weighted by molar-refractivity contribution is -0.149. The number of primary amides is 3. The van der Waals surface area contributed by atoms with Crippen molar-refractivity contribution in [2.24, 2.45) is 33.4 Å². The number of benzene rings is 5. The van der Waals surface area contributed by atoms with E-state index in [0.29, 0.717) is 58.9 Å². The van der Waals surface area contributed by atoms with E-state index in [1.807, 2.05) is 180 Å². The summed E-state index contributed by atoms with van der Waals surface area (Å²) in [5, 5.41) is 14.1. The number of amides is 6. The van der Waals surface area contributed by atoms with Gasteiger partial charge >= 0.3 is 0 Å². The molecule has 5 aromatic carbocycles. The van der Waals surface area contributed by atoms with Crippen LogP contribution in [0.1, 0.15) is 94.1 Å². The predicted molar refractivity (Wildman–Crippen MR) is 420 cm³/mol. The van der Waals surface area contributed by atoms with Crippen LogP contribution in [-0.2, 0) is 19.1 Å². The number of anilines is 3. The third-order valence-corrected chi connectivity index (χ3v) is 21.9. The number of hydrogen-bond donors (Lipinski definition) is 6. The lowest BCUT2D eigenvalue weighted by Gasteiger charge is -2.58. The van der Waals surface area contributed by atoms with Crippen molar-refractivity contribution in [1.29, 1.82) is 0 Å². The zero-order valence-corrected chi connectivity index (χ0v) is 62.2. The Kier molecular flexibility index (Phi) is 21.8. The molecule has 0 unspecified atom stereocenters. The van der Waals surface area contributed by atoms with Crippen molar-refractivity contribution in [3.8, 4) is 68.4 Å². The van der Waals surface area contributed by atoms with Gasteiger partial charge in [-0.25, -0.2) is 19.0 Å². The molecule has 0 bridgehead atoms. The van der Waals surface area contributed by atoms with Crippen LogP contribution >= 0.6 is 0 Å². The summed E-state index contributed by atoms with van der Waals surface area (Å²) in [6.07, 6.45) is 16.1. The standard InChI is InChI=1S/C31H36N6O4.C28H32N6O3.C24H24N6O3/c32-29-27(30(33)39)28(22-8-10-25(11-9-22)41-24-5-2-1-3-6-24)34-37(29)23-19-31(20-23)12-14-36(21-31)26(38)7-4-13-35-15-17-40-18-16-35;1-32(2)14-6-9-23(35)33-17-28(18-33)15-20(16-28)34-26(29)24(27(30)36)25(31-34)19-10-12-22(13-11-19)37-21-7-4-3-5-8-21;1-2-19(31)29-13-24(14-29)10-16(11-24)30-22(25)20(23(26)32)21(28-30)15-8-9-18(27-12-15)33-17-6-4-3-5-7-17/h1-11,23H,12-21,32H2,(H2,33,39);3-13,20H,14-18,29H2,1-2H3,(H2,30,36);2-9,12,16H,1,10-11,13-14,25H2,(H2,26,32)/b7-4+;9-6+;. The second kappa shape index (κ2) is 32.0. The fourth-order valence-electron chi connectivity index (χ4n) is 16.3. The molecule has 0 radical (unpaired) electrons. The summed E-state index contributed by atoms with van der Waals surface area (Å²) in [6, 6.07) is 46.7. The fourth-order valence-corrected chi connectivity index (χ4v) is 16.3. The molecule has 3 spiro atoms. The molecule has 3 aliphatic carbocycles. The Morgan fingerprint density at radius 2 is 0.856 bits per heavy atom. The highest BCUT2D eigenvalue weighted by molar-refractivity contribution is 6.05. The minimum Gasteiger partial charge on any atom is -0.457 e. The van der Waals surface area contributed by atoms with Crippen molar-refractivity contribution in [2.75, 3.05) is 110 Å². The summed E-state index contributed by atoms with van der Waals surface area (Å²) in [5.41, 5.74) is 40.6. The third-order valence-electron chi connectivity index (χ3n) is 21.9. The van der Waals surface area contributed by atoms with Gasteiger partial charge in [0.15, 0.2) is 0 Å². The van der Waals surface area contributed by atoms with E-state index in [-0.39, 0.29) is 86.2 Å². The van der Waals surface area contributed by atoms with Crippen LogP contribution in [0.25, 0.3) is 33.8 Å². The van der Waals surface area contributed by atoms with Crippen molar-refractivity contribution in [2.45, 2.75) is 63.1 Å². The molecule has 574 valence electrons. The maximum Gasteiger partial charge on any atom is 0.254 e. The van der Waals surface area contributed by atoms with Gasteiger partial charge in [-0.1, -0.05) is 73.3 Å². The number of morpholine rings is 1. The average Bonchev–Trinajstić information content (AvgIpc) is 1.73. The Morgan fingerprint density at radius 3 is 1.27 bits per heavy atom. The molecular weight excluding hydrogens is 1410 g/mol. The van der Waals surface area contributed by atoms with Gasteiger partial charge in [0.2, 0.25) is 23.6 Å². The van der Waals surface area contributed by atoms with E-state index in [0.717, 1.165) is 133 Å². The van der Waals surface area contributed by atoms with Crippen molar-refractivity contribution < 1.29 is 47.7 Å². The first kappa shape index (κ1) is 75.4. The summed E-state index contributed by atoms with van der Waals surface area (Å²) in [5.74, 6) is 2.94. The van der Waals surface area contributed by atoms with Crippen LogP contribution in [0.4, 0.5) is 17.5 Å². The molecule has 7 aliphatic rings. The topological polar surface area (TPSA) is 378 Å². The van der Waals surface area contributed by atoms with Gasteiger partial charge in [-0.15, -0.1) is 0 Å².